The summed E-state index contributed by atoms with van der Waals surface area (Å²) >= 11 is 0. The van der Waals surface area contributed by atoms with Gasteiger partial charge in [-0.2, -0.15) is 0 Å². The quantitative estimate of drug-likeness (QED) is 0.761. The van der Waals surface area contributed by atoms with Gasteiger partial charge in [-0.1, -0.05) is 12.1 Å². The number of anilines is 1. The van der Waals surface area contributed by atoms with Crippen molar-refractivity contribution in [3.05, 3.63) is 30.1 Å². The average molecular weight is 348 g/mol. The molecule has 1 aliphatic heterocycles. The van der Waals surface area contributed by atoms with Crippen LogP contribution in [0.4, 0.5) is 10.1 Å². The van der Waals surface area contributed by atoms with Crippen LogP contribution in [0.1, 0.15) is 12.8 Å². The molecule has 0 aromatic heterocycles. The van der Waals surface area contributed by atoms with Gasteiger partial charge in [0, 0.05) is 32.2 Å². The standard InChI is InChI=1S/C17H21FN4O3/c18-13-3-1-2-4-14(13)20-15(23)11-21-7-9-22(10-8-21)17(25)16(24)19-12-5-6-12/h1-4,12H,5-11H2,(H,19,24)(H,20,23). The Morgan fingerprint density at radius 3 is 2.40 bits per heavy atom. The fraction of sp³-hybridized carbons (Fsp3) is 0.471. The molecule has 0 radical (unpaired) electrons. The van der Waals surface area contributed by atoms with E-state index in [-0.39, 0.29) is 24.2 Å². The smallest absolute Gasteiger partial charge is 0.311 e. The Hall–Kier alpha value is -2.48. The molecule has 1 heterocycles. The van der Waals surface area contributed by atoms with Gasteiger partial charge in [0.1, 0.15) is 5.82 Å². The van der Waals surface area contributed by atoms with Gasteiger partial charge < -0.3 is 15.5 Å². The van der Waals surface area contributed by atoms with Crippen molar-refractivity contribution in [1.82, 2.24) is 15.1 Å². The third-order valence-corrected chi connectivity index (χ3v) is 4.28. The highest BCUT2D eigenvalue weighted by atomic mass is 19.1. The van der Waals surface area contributed by atoms with Crippen LogP contribution >= 0.6 is 0 Å². The van der Waals surface area contributed by atoms with Gasteiger partial charge in [0.25, 0.3) is 0 Å². The number of carbonyl (C=O) groups is 3. The second kappa shape index (κ2) is 7.60. The lowest BCUT2D eigenvalue weighted by Gasteiger charge is -2.33. The Balaban J connectivity index is 1.42. The zero-order valence-corrected chi connectivity index (χ0v) is 13.8. The number of para-hydroxylation sites is 1. The fourth-order valence-electron chi connectivity index (χ4n) is 2.68. The van der Waals surface area contributed by atoms with Gasteiger partial charge in [-0.3, -0.25) is 19.3 Å². The molecule has 2 aliphatic rings. The van der Waals surface area contributed by atoms with Crippen molar-refractivity contribution in [3.63, 3.8) is 0 Å². The number of halogens is 1. The van der Waals surface area contributed by atoms with Gasteiger partial charge in [0.05, 0.1) is 12.2 Å². The lowest BCUT2D eigenvalue weighted by molar-refractivity contribution is -0.147. The SMILES string of the molecule is O=C(CN1CCN(C(=O)C(=O)NC2CC2)CC1)Nc1ccccc1F. The maximum atomic E-state index is 13.5. The molecule has 7 nitrogen and oxygen atoms in total. The molecule has 1 aliphatic carbocycles. The molecule has 1 saturated carbocycles. The van der Waals surface area contributed by atoms with Crippen LogP contribution < -0.4 is 10.6 Å². The van der Waals surface area contributed by atoms with E-state index < -0.39 is 17.6 Å². The molecule has 3 amide bonds. The van der Waals surface area contributed by atoms with Crippen LogP contribution in [0.15, 0.2) is 24.3 Å². The van der Waals surface area contributed by atoms with Gasteiger partial charge in [-0.15, -0.1) is 0 Å². The van der Waals surface area contributed by atoms with Crippen LogP contribution in [-0.2, 0) is 14.4 Å². The lowest BCUT2D eigenvalue weighted by Crippen LogP contribution is -2.53. The Morgan fingerprint density at radius 1 is 1.08 bits per heavy atom. The highest BCUT2D eigenvalue weighted by Crippen LogP contribution is 2.18. The molecule has 0 unspecified atom stereocenters. The summed E-state index contributed by atoms with van der Waals surface area (Å²) in [5, 5.41) is 5.22. The number of rotatable bonds is 4. The number of amides is 3. The van der Waals surface area contributed by atoms with Crippen LogP contribution in [0.3, 0.4) is 0 Å². The van der Waals surface area contributed by atoms with Crippen molar-refractivity contribution in [3.8, 4) is 0 Å². The first-order chi connectivity index (χ1) is 12.0. The van der Waals surface area contributed by atoms with E-state index in [4.69, 9.17) is 0 Å². The predicted octanol–water partition coefficient (Wildman–Crippen LogP) is 0.187. The second-order valence-corrected chi connectivity index (χ2v) is 6.34. The highest BCUT2D eigenvalue weighted by Gasteiger charge is 2.30. The van der Waals surface area contributed by atoms with Gasteiger partial charge >= 0.3 is 11.8 Å². The van der Waals surface area contributed by atoms with Gasteiger partial charge in [0.15, 0.2) is 0 Å². The molecule has 1 saturated heterocycles. The topological polar surface area (TPSA) is 81.8 Å². The number of hydrogen-bond donors (Lipinski definition) is 2. The van der Waals surface area contributed by atoms with E-state index in [9.17, 15) is 18.8 Å². The molecular formula is C17H21FN4O3. The molecular weight excluding hydrogens is 327 g/mol. The normalized spacial score (nSPS) is 17.9. The van der Waals surface area contributed by atoms with E-state index in [1.54, 1.807) is 12.1 Å². The molecule has 8 heteroatoms. The van der Waals surface area contributed by atoms with Crippen molar-refractivity contribution < 1.29 is 18.8 Å². The summed E-state index contributed by atoms with van der Waals surface area (Å²) in [4.78, 5) is 39.2. The summed E-state index contributed by atoms with van der Waals surface area (Å²) in [5.74, 6) is -1.85. The first kappa shape index (κ1) is 17.3. The van der Waals surface area contributed by atoms with E-state index in [2.05, 4.69) is 10.6 Å². The highest BCUT2D eigenvalue weighted by molar-refractivity contribution is 6.35. The fourth-order valence-corrected chi connectivity index (χ4v) is 2.68. The number of carbonyl (C=O) groups excluding carboxylic acids is 3. The van der Waals surface area contributed by atoms with Crippen LogP contribution in [0.25, 0.3) is 0 Å². The molecule has 3 rings (SSSR count). The monoisotopic (exact) mass is 348 g/mol. The molecule has 25 heavy (non-hydrogen) atoms. The number of benzene rings is 1. The predicted molar refractivity (Wildman–Crippen MR) is 89.2 cm³/mol. The lowest BCUT2D eigenvalue weighted by atomic mass is 10.2. The Morgan fingerprint density at radius 2 is 1.76 bits per heavy atom. The van der Waals surface area contributed by atoms with Crippen LogP contribution in [0, 0.1) is 5.82 Å². The minimum absolute atomic E-state index is 0.116. The molecule has 0 atom stereocenters. The van der Waals surface area contributed by atoms with Crippen LogP contribution in [0.5, 0.6) is 0 Å². The number of nitrogens with zero attached hydrogens (tertiary/aromatic N) is 2. The summed E-state index contributed by atoms with van der Waals surface area (Å²) in [7, 11) is 0. The molecule has 0 bridgehead atoms. The zero-order valence-electron chi connectivity index (χ0n) is 13.8. The molecule has 2 N–H and O–H groups in total. The van der Waals surface area contributed by atoms with E-state index in [1.165, 1.54) is 17.0 Å². The Bertz CT molecular complexity index is 670. The van der Waals surface area contributed by atoms with E-state index in [0.29, 0.717) is 26.2 Å². The number of hydrogen-bond acceptors (Lipinski definition) is 4. The summed E-state index contributed by atoms with van der Waals surface area (Å²) in [6.45, 7) is 1.89. The van der Waals surface area contributed by atoms with Crippen molar-refractivity contribution in [2.45, 2.75) is 18.9 Å². The van der Waals surface area contributed by atoms with Gasteiger partial charge in [0.2, 0.25) is 5.91 Å². The largest absolute Gasteiger partial charge is 0.345 e. The number of nitrogens with one attached hydrogen (secondary N) is 2. The summed E-state index contributed by atoms with van der Waals surface area (Å²) in [6.07, 6.45) is 1.87. The molecule has 134 valence electrons. The average Bonchev–Trinajstić information content (AvgIpc) is 3.41. The van der Waals surface area contributed by atoms with Gasteiger partial charge in [-0.25, -0.2) is 4.39 Å². The van der Waals surface area contributed by atoms with Crippen LogP contribution in [-0.4, -0.2) is 66.3 Å². The summed E-state index contributed by atoms with van der Waals surface area (Å²) in [5.41, 5.74) is 0.151. The molecule has 0 spiro atoms. The molecule has 1 aromatic rings. The van der Waals surface area contributed by atoms with Gasteiger partial charge in [-0.05, 0) is 25.0 Å². The maximum absolute atomic E-state index is 13.5. The minimum Gasteiger partial charge on any atom is -0.345 e. The van der Waals surface area contributed by atoms with Crippen molar-refractivity contribution in [1.29, 1.82) is 0 Å². The molecule has 2 fully saturated rings. The number of piperazine rings is 1. The van der Waals surface area contributed by atoms with E-state index in [0.717, 1.165) is 12.8 Å². The van der Waals surface area contributed by atoms with Crippen LogP contribution in [0.2, 0.25) is 0 Å². The van der Waals surface area contributed by atoms with Crippen molar-refractivity contribution in [2.24, 2.45) is 0 Å². The van der Waals surface area contributed by atoms with Crippen molar-refractivity contribution in [2.75, 3.05) is 38.0 Å². The van der Waals surface area contributed by atoms with E-state index in [1.807, 2.05) is 4.90 Å². The first-order valence-corrected chi connectivity index (χ1v) is 8.39. The maximum Gasteiger partial charge on any atom is 0.311 e. The first-order valence-electron chi connectivity index (χ1n) is 8.39. The summed E-state index contributed by atoms with van der Waals surface area (Å²) < 4.78 is 13.5. The zero-order chi connectivity index (χ0) is 17.8. The molecule has 1 aromatic carbocycles. The second-order valence-electron chi connectivity index (χ2n) is 6.34. The van der Waals surface area contributed by atoms with Crippen molar-refractivity contribution >= 4 is 23.4 Å². The third kappa shape index (κ3) is 4.76. The third-order valence-electron chi connectivity index (χ3n) is 4.28. The summed E-state index contributed by atoms with van der Waals surface area (Å²) in [6, 6.07) is 6.14. The minimum atomic E-state index is -0.548. The Labute approximate surface area is 145 Å². The van der Waals surface area contributed by atoms with E-state index >= 15 is 0 Å². The Kier molecular flexibility index (Phi) is 5.28.